The van der Waals surface area contributed by atoms with Gasteiger partial charge in [-0.3, -0.25) is 29.4 Å². The van der Waals surface area contributed by atoms with Gasteiger partial charge in [-0.15, -0.1) is 0 Å². The number of non-ortho nitro benzene ring substituents is 1. The highest BCUT2D eigenvalue weighted by Crippen LogP contribution is 2.36. The maximum absolute atomic E-state index is 13.7. The molecule has 3 aromatic rings. The third-order valence-corrected chi connectivity index (χ3v) is 5.85. The largest absolute Gasteiger partial charge is 0.496 e. The van der Waals surface area contributed by atoms with Gasteiger partial charge in [0.05, 0.1) is 34.3 Å². The number of ether oxygens (including phenoxy) is 1. The van der Waals surface area contributed by atoms with E-state index in [2.05, 4.69) is 5.32 Å². The molecule has 10 nitrogen and oxygen atoms in total. The second-order valence-corrected chi connectivity index (χ2v) is 8.28. The van der Waals surface area contributed by atoms with Crippen LogP contribution in [0.25, 0.3) is 17.4 Å². The SMILES string of the molecule is COc1cc([N+](=O)[O-])ccc1-c1ccc(/C=C2/SC(=O)N(CC(=O)Nc3ccc(F)cc3F)C2=O)o1. The second-order valence-electron chi connectivity index (χ2n) is 7.28. The fourth-order valence-electron chi connectivity index (χ4n) is 3.26. The molecule has 1 aromatic heterocycles. The Morgan fingerprint density at radius 1 is 1.19 bits per heavy atom. The number of nitro groups is 1. The molecule has 13 heteroatoms. The van der Waals surface area contributed by atoms with Gasteiger partial charge in [-0.05, 0) is 42.1 Å². The van der Waals surface area contributed by atoms with E-state index in [0.29, 0.717) is 34.1 Å². The lowest BCUT2D eigenvalue weighted by atomic mass is 10.1. The number of rotatable bonds is 7. The van der Waals surface area contributed by atoms with Crippen molar-refractivity contribution in [2.45, 2.75) is 0 Å². The monoisotopic (exact) mass is 515 g/mol. The van der Waals surface area contributed by atoms with Gasteiger partial charge in [-0.2, -0.15) is 0 Å². The lowest BCUT2D eigenvalue weighted by Gasteiger charge is -2.12. The average molecular weight is 515 g/mol. The molecular formula is C23H15F2N3O7S. The van der Waals surface area contributed by atoms with E-state index in [1.165, 1.54) is 37.5 Å². The lowest BCUT2D eigenvalue weighted by molar-refractivity contribution is -0.384. The standard InChI is InChI=1S/C23H15F2N3O7S/c1-34-19-9-13(28(32)33)3-5-15(19)18-7-4-14(35-18)10-20-22(30)27(23(31)36-20)11-21(29)26-17-6-2-12(24)8-16(17)25/h2-10H,11H2,1H3,(H,26,29)/b20-10+. The first-order valence-corrected chi connectivity index (χ1v) is 10.9. The van der Waals surface area contributed by atoms with Gasteiger partial charge in [0.2, 0.25) is 5.91 Å². The fraction of sp³-hybridized carbons (Fsp3) is 0.0870. The van der Waals surface area contributed by atoms with Gasteiger partial charge < -0.3 is 14.5 Å². The molecule has 1 fully saturated rings. The molecule has 0 aliphatic carbocycles. The van der Waals surface area contributed by atoms with Crippen molar-refractivity contribution in [1.29, 1.82) is 0 Å². The van der Waals surface area contributed by atoms with Crippen molar-refractivity contribution in [3.63, 3.8) is 0 Å². The van der Waals surface area contributed by atoms with Gasteiger partial charge in [-0.25, -0.2) is 8.78 Å². The van der Waals surface area contributed by atoms with Crippen LogP contribution in [0.1, 0.15) is 5.76 Å². The number of methoxy groups -OCH3 is 1. The summed E-state index contributed by atoms with van der Waals surface area (Å²) in [5.41, 5.74) is -0.0310. The summed E-state index contributed by atoms with van der Waals surface area (Å²) < 4.78 is 37.7. The molecule has 2 aromatic carbocycles. The Bertz CT molecular complexity index is 1440. The predicted octanol–water partition coefficient (Wildman–Crippen LogP) is 4.82. The minimum absolute atomic E-state index is 0.0164. The van der Waals surface area contributed by atoms with Crippen molar-refractivity contribution in [3.8, 4) is 17.1 Å². The molecule has 1 aliphatic heterocycles. The first kappa shape index (κ1) is 24.6. The Kier molecular flexibility index (Phi) is 6.83. The number of nitrogens with zero attached hydrogens (tertiary/aromatic N) is 2. The molecule has 184 valence electrons. The Hall–Kier alpha value is -4.52. The van der Waals surface area contributed by atoms with Gasteiger partial charge >= 0.3 is 0 Å². The number of anilines is 1. The number of hydrogen-bond acceptors (Lipinski definition) is 8. The van der Waals surface area contributed by atoms with E-state index < -0.39 is 40.2 Å². The number of benzene rings is 2. The van der Waals surface area contributed by atoms with Crippen LogP contribution >= 0.6 is 11.8 Å². The molecule has 3 amide bonds. The Labute approximate surface area is 205 Å². The molecule has 4 rings (SSSR count). The van der Waals surface area contributed by atoms with E-state index >= 15 is 0 Å². The predicted molar refractivity (Wildman–Crippen MR) is 125 cm³/mol. The summed E-state index contributed by atoms with van der Waals surface area (Å²) in [6.45, 7) is -0.678. The van der Waals surface area contributed by atoms with Crippen molar-refractivity contribution in [3.05, 3.63) is 80.9 Å². The summed E-state index contributed by atoms with van der Waals surface area (Å²) in [5.74, 6) is -2.73. The maximum atomic E-state index is 13.7. The van der Waals surface area contributed by atoms with Crippen molar-refractivity contribution < 1.29 is 37.2 Å². The third-order valence-electron chi connectivity index (χ3n) is 4.94. The topological polar surface area (TPSA) is 132 Å². The zero-order valence-corrected chi connectivity index (χ0v) is 19.1. The van der Waals surface area contributed by atoms with Gasteiger partial charge in [0.15, 0.2) is 0 Å². The molecule has 0 radical (unpaired) electrons. The summed E-state index contributed by atoms with van der Waals surface area (Å²) >= 11 is 0.583. The molecule has 2 heterocycles. The smallest absolute Gasteiger partial charge is 0.294 e. The number of carbonyl (C=O) groups excluding carboxylic acids is 3. The molecule has 1 saturated heterocycles. The van der Waals surface area contributed by atoms with Crippen LogP contribution in [0.5, 0.6) is 5.75 Å². The molecule has 0 atom stereocenters. The summed E-state index contributed by atoms with van der Waals surface area (Å²) in [4.78, 5) is 48.3. The highest BCUT2D eigenvalue weighted by Gasteiger charge is 2.36. The molecular weight excluding hydrogens is 500 g/mol. The van der Waals surface area contributed by atoms with Crippen molar-refractivity contribution in [2.24, 2.45) is 0 Å². The van der Waals surface area contributed by atoms with Crippen LogP contribution in [-0.4, -0.2) is 40.5 Å². The maximum Gasteiger partial charge on any atom is 0.294 e. The number of imide groups is 1. The first-order valence-electron chi connectivity index (χ1n) is 10.1. The zero-order valence-electron chi connectivity index (χ0n) is 18.3. The summed E-state index contributed by atoms with van der Waals surface area (Å²) in [7, 11) is 1.35. The van der Waals surface area contributed by atoms with Gasteiger partial charge in [0.1, 0.15) is 35.4 Å². The molecule has 1 aliphatic rings. The third kappa shape index (κ3) is 5.10. The van der Waals surface area contributed by atoms with E-state index in [-0.39, 0.29) is 27.8 Å². The second kappa shape index (κ2) is 10.00. The van der Waals surface area contributed by atoms with E-state index in [1.54, 1.807) is 6.07 Å². The van der Waals surface area contributed by atoms with Crippen LogP contribution in [-0.2, 0) is 9.59 Å². The molecule has 0 bridgehead atoms. The molecule has 0 unspecified atom stereocenters. The Morgan fingerprint density at radius 3 is 2.67 bits per heavy atom. The number of thioether (sulfide) groups is 1. The molecule has 0 saturated carbocycles. The van der Waals surface area contributed by atoms with Crippen molar-refractivity contribution >= 4 is 46.3 Å². The van der Waals surface area contributed by atoms with Gasteiger partial charge in [-0.1, -0.05) is 0 Å². The van der Waals surface area contributed by atoms with Crippen molar-refractivity contribution in [2.75, 3.05) is 19.0 Å². The number of nitrogens with one attached hydrogen (secondary N) is 1. The quantitative estimate of drug-likeness (QED) is 0.269. The molecule has 36 heavy (non-hydrogen) atoms. The fourth-order valence-corrected chi connectivity index (χ4v) is 4.08. The van der Waals surface area contributed by atoms with E-state index in [9.17, 15) is 33.3 Å². The lowest BCUT2D eigenvalue weighted by Crippen LogP contribution is -2.36. The number of carbonyl (C=O) groups is 3. The highest BCUT2D eigenvalue weighted by atomic mass is 32.2. The number of furan rings is 1. The van der Waals surface area contributed by atoms with E-state index in [0.717, 1.165) is 12.1 Å². The minimum atomic E-state index is -1.00. The zero-order chi connectivity index (χ0) is 26.0. The van der Waals surface area contributed by atoms with Crippen LogP contribution in [0.15, 0.2) is 57.9 Å². The summed E-state index contributed by atoms with van der Waals surface area (Å²) in [6, 6.07) is 9.62. The van der Waals surface area contributed by atoms with E-state index in [1.807, 2.05) is 0 Å². The Morgan fingerprint density at radius 2 is 1.97 bits per heavy atom. The van der Waals surface area contributed by atoms with Crippen LogP contribution in [0.2, 0.25) is 0 Å². The van der Waals surface area contributed by atoms with Crippen LogP contribution < -0.4 is 10.1 Å². The van der Waals surface area contributed by atoms with Gasteiger partial charge in [0, 0.05) is 18.2 Å². The number of nitro benzene ring substituents is 1. The minimum Gasteiger partial charge on any atom is -0.496 e. The summed E-state index contributed by atoms with van der Waals surface area (Å²) in [6.07, 6.45) is 1.31. The van der Waals surface area contributed by atoms with E-state index in [4.69, 9.17) is 9.15 Å². The number of halogens is 2. The summed E-state index contributed by atoms with van der Waals surface area (Å²) in [5, 5.41) is 12.4. The van der Waals surface area contributed by atoms with Crippen LogP contribution in [0.4, 0.5) is 25.0 Å². The molecule has 1 N–H and O–H groups in total. The van der Waals surface area contributed by atoms with Gasteiger partial charge in [0.25, 0.3) is 16.8 Å². The van der Waals surface area contributed by atoms with Crippen LogP contribution in [0.3, 0.4) is 0 Å². The number of hydrogen-bond donors (Lipinski definition) is 1. The van der Waals surface area contributed by atoms with Crippen molar-refractivity contribution in [1.82, 2.24) is 4.90 Å². The normalized spacial score (nSPS) is 14.4. The van der Waals surface area contributed by atoms with Crippen LogP contribution in [0, 0.1) is 21.7 Å². The Balaban J connectivity index is 1.48. The average Bonchev–Trinajstić information content (AvgIpc) is 3.40. The molecule has 0 spiro atoms. The highest BCUT2D eigenvalue weighted by molar-refractivity contribution is 8.18. The first-order chi connectivity index (χ1) is 17.2. The number of amides is 3.